The van der Waals surface area contributed by atoms with E-state index in [0.29, 0.717) is 75.1 Å². The second-order valence-corrected chi connectivity index (χ2v) is 25.0. The molecule has 0 saturated carbocycles. The zero-order chi connectivity index (χ0) is 84.4. The van der Waals surface area contributed by atoms with Crippen LogP contribution in [0.3, 0.4) is 0 Å². The van der Waals surface area contributed by atoms with Crippen LogP contribution in [0.4, 0.5) is 50.2 Å². The number of amidine groups is 2. The summed E-state index contributed by atoms with van der Waals surface area (Å²) in [5.74, 6) is -5.14. The standard InChI is InChI=1S/C21H20FN3O5.C14H17N3O4.C10H10N2O2.C9H8N2O2.C8H4FNO2.C8H4FNO.C7H4ClFO.H2N2.Na.2H2O.H2/c1-21(2,3)30-20(28)25-16-10-7-13(19(27)29-4)11-15(16)17(24-25)23-18(26)12-5-8-14(22)9-6-12;1-14(2,3)21-13(19)17-10-6-5-8(12(18)20-4)7-9(10)11(15)16-17;1-14-10(13)6-2-3-7-5-12-9(11)8(7)4-6;10-8-7-3-5(9(12)13)1-2-6(7)4-11-8;1-10-7-4-5(8(11)12)2-3-6(7)9;1-10-8-4-6(5-11)2-3-7(8)9;8-7(10)5-1-3-6(9)4-2-5;1-2;;;;/h5-11H,1-4H3,(H,23,24,26);5-7H,1-4H3,(H2,15,16);2-4H,5H2,1H3,(H2,11,12);1-3H,4H2,(H2,10,11)(H,12,13);2-4H,(H,11,12);2-5H;1-4H;1-2H;;2*1H2;1H/q;;;;;;;;+1;;;/p-1. The van der Waals surface area contributed by atoms with Crippen molar-refractivity contribution in [3.63, 3.8) is 0 Å². The average Bonchev–Trinajstić information content (AvgIpc) is 1.62. The second kappa shape index (κ2) is 44.9. The maximum atomic E-state index is 13.1. The molecule has 0 saturated heterocycles. The third-order valence-electron chi connectivity index (χ3n) is 14.6. The predicted molar refractivity (Wildman–Crippen MR) is 412 cm³/mol. The number of halogens is 5. The van der Waals surface area contributed by atoms with E-state index in [2.05, 4.69) is 44.7 Å². The van der Waals surface area contributed by atoms with Crippen LogP contribution in [0.25, 0.3) is 31.5 Å². The van der Waals surface area contributed by atoms with Crippen molar-refractivity contribution in [3.05, 3.63) is 271 Å². The third-order valence-corrected chi connectivity index (χ3v) is 14.8. The van der Waals surface area contributed by atoms with E-state index < -0.39 is 75.9 Å². The topological polar surface area (TPSA) is 526 Å². The van der Waals surface area contributed by atoms with Gasteiger partial charge in [0.15, 0.2) is 11.6 Å². The Kier molecular flexibility index (Phi) is 38.0. The van der Waals surface area contributed by atoms with Gasteiger partial charge in [-0.2, -0.15) is 9.36 Å². The Morgan fingerprint density at radius 2 is 0.897 bits per heavy atom. The van der Waals surface area contributed by atoms with Crippen LogP contribution in [0.15, 0.2) is 168 Å². The van der Waals surface area contributed by atoms with Gasteiger partial charge in [-0.1, -0.05) is 18.2 Å². The monoisotopic (exact) mass is 1630 g/mol. The molecule has 14 N–H and O–H groups in total. The molecule has 116 heavy (non-hydrogen) atoms. The minimum Gasteiger partial charge on any atom is -0.870 e. The average molecular weight is 1630 g/mol. The number of aromatic carboxylic acids is 2. The number of rotatable bonds is 9. The van der Waals surface area contributed by atoms with Crippen LogP contribution < -0.4 is 52.1 Å². The smallest absolute Gasteiger partial charge is 0.870 e. The fourth-order valence-electron chi connectivity index (χ4n) is 9.31. The summed E-state index contributed by atoms with van der Waals surface area (Å²) in [6.07, 6.45) is -0.802. The van der Waals surface area contributed by atoms with E-state index in [4.69, 9.17) is 77.4 Å². The van der Waals surface area contributed by atoms with Gasteiger partial charge in [-0.25, -0.2) is 71.9 Å². The molecule has 0 radical (unpaired) electrons. The quantitative estimate of drug-likeness (QED) is 0.00972. The van der Waals surface area contributed by atoms with Crippen LogP contribution in [0, 0.1) is 47.5 Å². The Hall–Kier alpha value is -14.0. The van der Waals surface area contributed by atoms with Gasteiger partial charge >= 0.3 is 71.6 Å². The van der Waals surface area contributed by atoms with Crippen molar-refractivity contribution in [2.45, 2.75) is 65.8 Å². The van der Waals surface area contributed by atoms with E-state index in [1.54, 1.807) is 77.9 Å². The summed E-state index contributed by atoms with van der Waals surface area (Å²) in [7, 11) is 3.89. The zero-order valence-electron chi connectivity index (χ0n) is 63.2. The van der Waals surface area contributed by atoms with Gasteiger partial charge in [-0.15, -0.1) is 10.2 Å². The number of nitrogens with zero attached hydrogens (tertiary/aromatic N) is 8. The molecule has 2 aliphatic rings. The van der Waals surface area contributed by atoms with Crippen molar-refractivity contribution >= 4 is 128 Å². The van der Waals surface area contributed by atoms with Crippen LogP contribution in [-0.4, -0.2) is 144 Å². The molecule has 0 aliphatic carbocycles. The summed E-state index contributed by atoms with van der Waals surface area (Å²) in [6, 6.07) is 36.0. The number of carboxylic acid groups (broad SMARTS) is 2. The number of carbonyl (C=O) groups excluding carboxylic acids is 8. The summed E-state index contributed by atoms with van der Waals surface area (Å²) in [5.41, 5.74) is 31.7. The molecule has 10 aromatic rings. The Morgan fingerprint density at radius 1 is 0.534 bits per heavy atom. The first-order chi connectivity index (χ1) is 53.3. The number of benzene rings is 8. The number of fused-ring (bicyclic) bond motifs is 4. The molecule has 8 aromatic carbocycles. The first-order valence-corrected chi connectivity index (χ1v) is 32.6. The molecular formula is C77H74ClF4N14NaO19. The summed E-state index contributed by atoms with van der Waals surface area (Å²) >= 11 is 5.09. The number of aliphatic imine (C=N–C) groups is 2. The molecule has 4 heterocycles. The number of nitrogens with two attached hydrogens (primary N) is 3. The number of hydrogen-bond acceptors (Lipinski definition) is 25. The number of anilines is 2. The van der Waals surface area contributed by atoms with Crippen molar-refractivity contribution in [1.29, 1.82) is 11.1 Å². The number of nitrogens with one attached hydrogen (secondary N) is 3. The molecule has 39 heteroatoms. The fourth-order valence-corrected chi connectivity index (χ4v) is 9.43. The van der Waals surface area contributed by atoms with E-state index in [1.165, 1.54) is 100 Å². The molecule has 602 valence electrons. The van der Waals surface area contributed by atoms with Gasteiger partial charge < -0.3 is 67.4 Å². The first-order valence-electron chi connectivity index (χ1n) is 32.3. The van der Waals surface area contributed by atoms with Crippen molar-refractivity contribution in [2.24, 2.45) is 21.5 Å². The molecule has 2 aromatic heterocycles. The maximum absolute atomic E-state index is 13.1. The van der Waals surface area contributed by atoms with Crippen molar-refractivity contribution in [2.75, 3.05) is 32.4 Å². The summed E-state index contributed by atoms with van der Waals surface area (Å²) < 4.78 is 77.2. The van der Waals surface area contributed by atoms with E-state index in [-0.39, 0.29) is 99.0 Å². The SMILES string of the molecule is COC(=O)c1ccc2c(c1)C(N)=NC2.COC(=O)c1ccc2c(c1)c(N)nn2C(=O)OC(C)(C)C.COC(=O)c1ccc2c(c1)c(NC(=O)c1ccc(F)cc1)nn2C(=O)OC(C)(C)C.N=N.NC1=NCc2ccc(C(=O)O)cc21.O.O=C(Cl)c1ccc(F)cc1.[C-]#[N+]c1cc(C(=O)O)ccc1F.[C-]#[N+]c1cc(C=O)ccc1F.[HH].[Na+].[OH-]. The molecular weight excluding hydrogens is 1560 g/mol. The molecule has 12 rings (SSSR count). The second-order valence-electron chi connectivity index (χ2n) is 24.7. The molecule has 0 spiro atoms. The van der Waals surface area contributed by atoms with E-state index in [1.807, 2.05) is 6.07 Å². The predicted octanol–water partition coefficient (Wildman–Crippen LogP) is 10.8. The van der Waals surface area contributed by atoms with Crippen LogP contribution in [0.1, 0.15) is 148 Å². The largest absolute Gasteiger partial charge is 1.00 e. The number of ether oxygens (including phenoxy) is 5. The van der Waals surface area contributed by atoms with Crippen LogP contribution >= 0.6 is 11.6 Å². The first kappa shape index (κ1) is 98.1. The minimum absolute atomic E-state index is 0. The number of methoxy groups -OCH3 is 3. The third kappa shape index (κ3) is 27.8. The minimum atomic E-state index is -1.17. The molecule has 0 atom stereocenters. The van der Waals surface area contributed by atoms with Gasteiger partial charge in [-0.3, -0.25) is 24.4 Å². The summed E-state index contributed by atoms with van der Waals surface area (Å²) in [6.45, 7) is 24.6. The number of carboxylic acids is 2. The summed E-state index contributed by atoms with van der Waals surface area (Å²) in [5, 5.41) is 28.2. The number of aromatic nitrogens is 4. The zero-order valence-corrected chi connectivity index (χ0v) is 65.9. The van der Waals surface area contributed by atoms with Gasteiger partial charge in [0, 0.05) is 45.6 Å². The molecule has 0 unspecified atom stereocenters. The molecule has 33 nitrogen and oxygen atoms in total. The van der Waals surface area contributed by atoms with Gasteiger partial charge in [-0.05, 0) is 204 Å². The number of hydrogen-bond donors (Lipinski definition) is 8. The number of esters is 3. The van der Waals surface area contributed by atoms with Crippen molar-refractivity contribution < 1.29 is 141 Å². The van der Waals surface area contributed by atoms with Crippen LogP contribution in [0.2, 0.25) is 0 Å². The van der Waals surface area contributed by atoms with Gasteiger partial charge in [0.25, 0.3) is 11.1 Å². The molecule has 2 aliphatic heterocycles. The van der Waals surface area contributed by atoms with E-state index >= 15 is 0 Å². The van der Waals surface area contributed by atoms with Crippen molar-refractivity contribution in [3.8, 4) is 0 Å². The Labute approximate surface area is 685 Å². The molecule has 1 amide bonds. The molecule has 0 fully saturated rings. The van der Waals surface area contributed by atoms with Crippen LogP contribution in [0.5, 0.6) is 0 Å². The number of carbonyl (C=O) groups is 10. The van der Waals surface area contributed by atoms with Crippen molar-refractivity contribution in [1.82, 2.24) is 19.6 Å². The Balaban J connectivity index is 0.000000701. The van der Waals surface area contributed by atoms with Gasteiger partial charge in [0.2, 0.25) is 11.4 Å². The Morgan fingerprint density at radius 3 is 1.32 bits per heavy atom. The number of amides is 1. The van der Waals surface area contributed by atoms with Gasteiger partial charge in [0.05, 0.1) is 80.9 Å². The maximum Gasteiger partial charge on any atom is 1.00 e. The normalized spacial score (nSPS) is 10.7. The van der Waals surface area contributed by atoms with E-state index in [9.17, 15) is 65.5 Å². The number of nitrogen functional groups attached to an aromatic ring is 1. The number of aldehydes is 1. The molecule has 0 bridgehead atoms. The Bertz CT molecular complexity index is 5460. The van der Waals surface area contributed by atoms with Crippen LogP contribution in [-0.2, 0) is 36.8 Å². The van der Waals surface area contributed by atoms with Gasteiger partial charge in [0.1, 0.15) is 52.4 Å². The fraction of sp³-hybridized carbons (Fsp3) is 0.169. The van der Waals surface area contributed by atoms with E-state index in [0.717, 1.165) is 68.0 Å². The summed E-state index contributed by atoms with van der Waals surface area (Å²) in [4.78, 5) is 127.